The lowest BCUT2D eigenvalue weighted by atomic mass is 10.1. The number of nitrogens with zero attached hydrogens (tertiary/aromatic N) is 1. The highest BCUT2D eigenvalue weighted by Crippen LogP contribution is 2.27. The zero-order valence-corrected chi connectivity index (χ0v) is 12.6. The number of ether oxygens (including phenoxy) is 1. The minimum absolute atomic E-state index is 0.0816. The minimum atomic E-state index is -0.612. The molecule has 0 bridgehead atoms. The highest BCUT2D eigenvalue weighted by molar-refractivity contribution is 5.95. The van der Waals surface area contributed by atoms with E-state index in [4.69, 9.17) is 4.74 Å². The van der Waals surface area contributed by atoms with Gasteiger partial charge in [0.1, 0.15) is 5.82 Å². The topological polar surface area (TPSA) is 81.5 Å². The third kappa shape index (κ3) is 3.82. The van der Waals surface area contributed by atoms with Crippen LogP contribution in [0.25, 0.3) is 0 Å². The van der Waals surface area contributed by atoms with Crippen LogP contribution in [0, 0.1) is 15.9 Å². The second-order valence-electron chi connectivity index (χ2n) is 4.89. The second kappa shape index (κ2) is 6.87. The van der Waals surface area contributed by atoms with E-state index in [-0.39, 0.29) is 28.9 Å². The lowest BCUT2D eigenvalue weighted by molar-refractivity contribution is -0.385. The fourth-order valence-corrected chi connectivity index (χ4v) is 2.09. The van der Waals surface area contributed by atoms with Crippen molar-refractivity contribution in [2.45, 2.75) is 13.0 Å². The Kier molecular flexibility index (Phi) is 4.90. The fraction of sp³-hybridized carbons (Fsp3) is 0.188. The Hall–Kier alpha value is -2.96. The largest absolute Gasteiger partial charge is 0.490 e. The molecule has 0 unspecified atom stereocenters. The van der Waals surface area contributed by atoms with E-state index in [2.05, 4.69) is 5.32 Å². The quantitative estimate of drug-likeness (QED) is 0.678. The van der Waals surface area contributed by atoms with Gasteiger partial charge < -0.3 is 10.1 Å². The second-order valence-corrected chi connectivity index (χ2v) is 4.89. The zero-order chi connectivity index (χ0) is 17.0. The minimum Gasteiger partial charge on any atom is -0.490 e. The van der Waals surface area contributed by atoms with Crippen LogP contribution < -0.4 is 10.1 Å². The number of rotatable bonds is 5. The average Bonchev–Trinajstić information content (AvgIpc) is 2.54. The van der Waals surface area contributed by atoms with E-state index in [1.165, 1.54) is 31.4 Å². The highest BCUT2D eigenvalue weighted by Gasteiger charge is 2.19. The summed E-state index contributed by atoms with van der Waals surface area (Å²) in [6.07, 6.45) is 0. The number of benzene rings is 2. The predicted octanol–water partition coefficient (Wildman–Crippen LogP) is 3.23. The van der Waals surface area contributed by atoms with Crippen LogP contribution in [-0.4, -0.2) is 17.9 Å². The predicted molar refractivity (Wildman–Crippen MR) is 81.9 cm³/mol. The van der Waals surface area contributed by atoms with Crippen molar-refractivity contribution in [2.24, 2.45) is 0 Å². The zero-order valence-electron chi connectivity index (χ0n) is 12.6. The molecule has 0 aliphatic carbocycles. The van der Waals surface area contributed by atoms with Crippen molar-refractivity contribution >= 4 is 11.6 Å². The van der Waals surface area contributed by atoms with Gasteiger partial charge in [0.05, 0.1) is 18.1 Å². The molecule has 0 saturated carbocycles. The van der Waals surface area contributed by atoms with Crippen LogP contribution in [0.15, 0.2) is 42.5 Å². The first kappa shape index (κ1) is 16.4. The summed E-state index contributed by atoms with van der Waals surface area (Å²) in [5.41, 5.74) is 0.587. The number of hydrogen-bond acceptors (Lipinski definition) is 4. The van der Waals surface area contributed by atoms with Gasteiger partial charge in [0.15, 0.2) is 5.75 Å². The molecule has 2 rings (SSSR count). The molecule has 7 heteroatoms. The Morgan fingerprint density at radius 2 is 1.91 bits per heavy atom. The maximum atomic E-state index is 12.9. The van der Waals surface area contributed by atoms with Crippen LogP contribution in [-0.2, 0) is 0 Å². The normalized spacial score (nSPS) is 11.6. The maximum Gasteiger partial charge on any atom is 0.311 e. The lowest BCUT2D eigenvalue weighted by Crippen LogP contribution is -2.26. The molecule has 23 heavy (non-hydrogen) atoms. The molecule has 0 spiro atoms. The molecule has 1 N–H and O–H groups in total. The van der Waals surface area contributed by atoms with E-state index in [0.717, 1.165) is 11.6 Å². The van der Waals surface area contributed by atoms with Gasteiger partial charge in [-0.05, 0) is 36.8 Å². The van der Waals surface area contributed by atoms with Gasteiger partial charge in [-0.25, -0.2) is 4.39 Å². The molecule has 6 nitrogen and oxygen atoms in total. The van der Waals surface area contributed by atoms with Crippen LogP contribution in [0.4, 0.5) is 10.1 Å². The van der Waals surface area contributed by atoms with Crippen molar-refractivity contribution in [1.82, 2.24) is 5.32 Å². The van der Waals surface area contributed by atoms with Gasteiger partial charge in [-0.3, -0.25) is 14.9 Å². The molecule has 0 aromatic heterocycles. The van der Waals surface area contributed by atoms with E-state index >= 15 is 0 Å². The third-order valence-corrected chi connectivity index (χ3v) is 3.36. The first-order valence-electron chi connectivity index (χ1n) is 6.81. The molecular formula is C16H15FN2O4. The van der Waals surface area contributed by atoms with Crippen molar-refractivity contribution in [2.75, 3.05) is 7.11 Å². The summed E-state index contributed by atoms with van der Waals surface area (Å²) in [4.78, 5) is 22.6. The SMILES string of the molecule is COc1ccc(C(=O)N[C@H](C)c2ccc(F)cc2)cc1[N+](=O)[O-]. The van der Waals surface area contributed by atoms with Crippen LogP contribution in [0.5, 0.6) is 5.75 Å². The molecule has 1 amide bonds. The lowest BCUT2D eigenvalue weighted by Gasteiger charge is -2.14. The van der Waals surface area contributed by atoms with Gasteiger partial charge >= 0.3 is 5.69 Å². The van der Waals surface area contributed by atoms with Gasteiger partial charge in [-0.2, -0.15) is 0 Å². The van der Waals surface area contributed by atoms with Crippen LogP contribution >= 0.6 is 0 Å². The van der Waals surface area contributed by atoms with Crippen molar-refractivity contribution in [1.29, 1.82) is 0 Å². The van der Waals surface area contributed by atoms with Crippen molar-refractivity contribution < 1.29 is 18.8 Å². The first-order valence-corrected chi connectivity index (χ1v) is 6.81. The fourth-order valence-electron chi connectivity index (χ4n) is 2.09. The Morgan fingerprint density at radius 1 is 1.26 bits per heavy atom. The van der Waals surface area contributed by atoms with Gasteiger partial charge in [0.2, 0.25) is 0 Å². The molecule has 0 fully saturated rings. The number of carbonyl (C=O) groups excluding carboxylic acids is 1. The molecule has 1 atom stereocenters. The van der Waals surface area contributed by atoms with Gasteiger partial charge in [-0.15, -0.1) is 0 Å². The summed E-state index contributed by atoms with van der Waals surface area (Å²) in [5.74, 6) is -0.747. The third-order valence-electron chi connectivity index (χ3n) is 3.36. The Bertz CT molecular complexity index is 731. The summed E-state index contributed by atoms with van der Waals surface area (Å²) in [6.45, 7) is 1.74. The van der Waals surface area contributed by atoms with Gasteiger partial charge in [0, 0.05) is 11.6 Å². The number of nitro benzene ring substituents is 1. The van der Waals surface area contributed by atoms with Gasteiger partial charge in [0.25, 0.3) is 5.91 Å². The number of methoxy groups -OCH3 is 1. The maximum absolute atomic E-state index is 12.9. The summed E-state index contributed by atoms with van der Waals surface area (Å²) in [7, 11) is 1.32. The number of nitro groups is 1. The van der Waals surface area contributed by atoms with Crippen LogP contribution in [0.1, 0.15) is 28.9 Å². The average molecular weight is 318 g/mol. The summed E-state index contributed by atoms with van der Waals surface area (Å²) >= 11 is 0. The van der Waals surface area contributed by atoms with Crippen LogP contribution in [0.2, 0.25) is 0 Å². The Morgan fingerprint density at radius 3 is 2.48 bits per heavy atom. The molecule has 0 aliphatic rings. The monoisotopic (exact) mass is 318 g/mol. The van der Waals surface area contributed by atoms with Crippen molar-refractivity contribution in [3.63, 3.8) is 0 Å². The Labute approximate surface area is 132 Å². The van der Waals surface area contributed by atoms with E-state index in [0.29, 0.717) is 0 Å². The standard InChI is InChI=1S/C16H15FN2O4/c1-10(11-3-6-13(17)7-4-11)18-16(20)12-5-8-15(23-2)14(9-12)19(21)22/h3-10H,1-2H3,(H,18,20)/t10-/m1/s1. The van der Waals surface area contributed by atoms with Crippen molar-refractivity contribution in [3.05, 3.63) is 69.5 Å². The van der Waals surface area contributed by atoms with E-state index in [1.807, 2.05) is 0 Å². The number of amides is 1. The number of nitrogens with one attached hydrogen (secondary N) is 1. The van der Waals surface area contributed by atoms with E-state index in [1.54, 1.807) is 19.1 Å². The van der Waals surface area contributed by atoms with Crippen molar-refractivity contribution in [3.8, 4) is 5.75 Å². The molecule has 0 heterocycles. The summed E-state index contributed by atoms with van der Waals surface area (Å²) in [5, 5.41) is 13.7. The molecule has 120 valence electrons. The van der Waals surface area contributed by atoms with Gasteiger partial charge in [-0.1, -0.05) is 12.1 Å². The molecule has 0 aliphatic heterocycles. The molecular weight excluding hydrogens is 303 g/mol. The molecule has 0 radical (unpaired) electrons. The molecule has 2 aromatic carbocycles. The number of halogens is 1. The van der Waals surface area contributed by atoms with E-state index in [9.17, 15) is 19.3 Å². The Balaban J connectivity index is 2.18. The summed E-state index contributed by atoms with van der Waals surface area (Å²) < 4.78 is 17.8. The van der Waals surface area contributed by atoms with E-state index < -0.39 is 10.8 Å². The molecule has 2 aromatic rings. The van der Waals surface area contributed by atoms with Crippen LogP contribution in [0.3, 0.4) is 0 Å². The smallest absolute Gasteiger partial charge is 0.311 e. The summed E-state index contributed by atoms with van der Waals surface area (Å²) in [6, 6.07) is 9.34. The first-order chi connectivity index (χ1) is 10.9. The number of carbonyl (C=O) groups is 1. The highest BCUT2D eigenvalue weighted by atomic mass is 19.1. The number of hydrogen-bond donors (Lipinski definition) is 1. The molecule has 0 saturated heterocycles.